The first-order valence-electron chi connectivity index (χ1n) is 9.94. The second-order valence-electron chi connectivity index (χ2n) is 9.02. The molecule has 2 amide bonds. The lowest BCUT2D eigenvalue weighted by Crippen LogP contribution is -2.44. The highest BCUT2D eigenvalue weighted by Gasteiger charge is 2.36. The summed E-state index contributed by atoms with van der Waals surface area (Å²) < 4.78 is 10.7. The summed E-state index contributed by atoms with van der Waals surface area (Å²) in [4.78, 5) is 54.2. The highest BCUT2D eigenvalue weighted by molar-refractivity contribution is 6.13. The number of benzene rings is 1. The number of carbonyl (C=O) groups is 4. The number of imide groups is 1. The van der Waals surface area contributed by atoms with Crippen molar-refractivity contribution in [3.8, 4) is 11.3 Å². The second kappa shape index (κ2) is 9.27. The Morgan fingerprint density at radius 3 is 1.70 bits per heavy atom. The first-order valence-corrected chi connectivity index (χ1v) is 9.94. The number of pyridine rings is 1. The monoisotopic (exact) mass is 458 g/mol. The predicted molar refractivity (Wildman–Crippen MR) is 119 cm³/mol. The number of ether oxygens (including phenoxy) is 2. The van der Waals surface area contributed by atoms with Crippen molar-refractivity contribution in [2.75, 3.05) is 4.90 Å². The molecule has 1 heterocycles. The maximum atomic E-state index is 13.1. The highest BCUT2D eigenvalue weighted by Crippen LogP contribution is 2.33. The maximum absolute atomic E-state index is 13.1. The van der Waals surface area contributed by atoms with E-state index in [1.54, 1.807) is 71.9 Å². The molecule has 0 spiro atoms. The Balaban J connectivity index is 2.88. The summed E-state index contributed by atoms with van der Waals surface area (Å²) in [5.41, 5.74) is -3.55. The fourth-order valence-corrected chi connectivity index (χ4v) is 2.69. The summed E-state index contributed by atoms with van der Waals surface area (Å²) >= 11 is 0. The molecule has 0 unspecified atom stereocenters. The molecule has 33 heavy (non-hydrogen) atoms. The van der Waals surface area contributed by atoms with Crippen LogP contribution in [0.1, 0.15) is 62.4 Å². The summed E-state index contributed by atoms with van der Waals surface area (Å²) in [5, 5.41) is 19.1. The largest absolute Gasteiger partial charge is 0.478 e. The van der Waals surface area contributed by atoms with Gasteiger partial charge in [-0.3, -0.25) is 0 Å². The molecule has 10 heteroatoms. The molecule has 0 saturated carbocycles. The van der Waals surface area contributed by atoms with Crippen LogP contribution >= 0.6 is 0 Å². The Bertz CT molecular complexity index is 1050. The van der Waals surface area contributed by atoms with Gasteiger partial charge >= 0.3 is 24.1 Å². The van der Waals surface area contributed by atoms with Crippen LogP contribution in [0.5, 0.6) is 0 Å². The zero-order valence-corrected chi connectivity index (χ0v) is 19.2. The number of carbonyl (C=O) groups excluding carboxylic acids is 2. The van der Waals surface area contributed by atoms with Crippen LogP contribution in [-0.2, 0) is 9.47 Å². The fourth-order valence-electron chi connectivity index (χ4n) is 2.69. The molecular weight excluding hydrogens is 432 g/mol. The van der Waals surface area contributed by atoms with E-state index in [1.807, 2.05) is 0 Å². The van der Waals surface area contributed by atoms with Crippen molar-refractivity contribution >= 4 is 29.8 Å². The Hall–Kier alpha value is -3.95. The minimum absolute atomic E-state index is 0.116. The lowest BCUT2D eigenvalue weighted by molar-refractivity contribution is 0.0429. The van der Waals surface area contributed by atoms with Crippen LogP contribution in [0.2, 0.25) is 0 Å². The van der Waals surface area contributed by atoms with Gasteiger partial charge in [0.05, 0.1) is 16.9 Å². The summed E-state index contributed by atoms with van der Waals surface area (Å²) in [6, 6.07) is 9.01. The molecule has 0 bridgehead atoms. The van der Waals surface area contributed by atoms with E-state index in [2.05, 4.69) is 4.98 Å². The van der Waals surface area contributed by atoms with E-state index in [-0.39, 0.29) is 11.4 Å². The first-order chi connectivity index (χ1) is 15.1. The molecule has 2 rings (SSSR count). The summed E-state index contributed by atoms with van der Waals surface area (Å²) in [6.07, 6.45) is -2.29. The quantitative estimate of drug-likeness (QED) is 0.659. The van der Waals surface area contributed by atoms with E-state index in [1.165, 1.54) is 0 Å². The van der Waals surface area contributed by atoms with Gasteiger partial charge in [0, 0.05) is 5.56 Å². The van der Waals surface area contributed by atoms with Crippen molar-refractivity contribution in [3.05, 3.63) is 47.7 Å². The van der Waals surface area contributed by atoms with Gasteiger partial charge in [0.2, 0.25) is 0 Å². The number of hydrogen-bond donors (Lipinski definition) is 2. The lowest BCUT2D eigenvalue weighted by atomic mass is 10.0. The third-order valence-electron chi connectivity index (χ3n) is 3.88. The van der Waals surface area contributed by atoms with E-state index >= 15 is 0 Å². The molecule has 1 aromatic carbocycles. The number of hydrogen-bond acceptors (Lipinski definition) is 7. The van der Waals surface area contributed by atoms with Gasteiger partial charge < -0.3 is 19.7 Å². The standard InChI is InChI=1S/C23H26N2O8/c1-22(2,3)32-20(30)25(21(31)33-23(4,5)6)15-12-14(18(26)27)17(19(28)29)24-16(15)13-10-8-7-9-11-13/h7-12H,1-6H3,(H,26,27)(H,28,29). The number of nitrogens with zero attached hydrogens (tertiary/aromatic N) is 2. The van der Waals surface area contributed by atoms with Crippen LogP contribution in [0, 0.1) is 0 Å². The Morgan fingerprint density at radius 2 is 1.30 bits per heavy atom. The fraction of sp³-hybridized carbons (Fsp3) is 0.348. The minimum Gasteiger partial charge on any atom is -0.478 e. The maximum Gasteiger partial charge on any atom is 0.424 e. The number of aromatic nitrogens is 1. The van der Waals surface area contributed by atoms with Gasteiger partial charge in [-0.15, -0.1) is 0 Å². The van der Waals surface area contributed by atoms with Crippen LogP contribution in [0.25, 0.3) is 11.3 Å². The van der Waals surface area contributed by atoms with Crippen LogP contribution in [-0.4, -0.2) is 50.5 Å². The second-order valence-corrected chi connectivity index (χ2v) is 9.02. The number of amides is 2. The molecule has 2 N–H and O–H groups in total. The van der Waals surface area contributed by atoms with Crippen molar-refractivity contribution in [1.29, 1.82) is 0 Å². The molecule has 0 radical (unpaired) electrons. The minimum atomic E-state index is -1.60. The number of anilines is 1. The van der Waals surface area contributed by atoms with Gasteiger partial charge in [-0.05, 0) is 47.6 Å². The smallest absolute Gasteiger partial charge is 0.424 e. The number of rotatable bonds is 4. The summed E-state index contributed by atoms with van der Waals surface area (Å²) in [7, 11) is 0. The highest BCUT2D eigenvalue weighted by atomic mass is 16.6. The third-order valence-corrected chi connectivity index (χ3v) is 3.88. The van der Waals surface area contributed by atoms with Crippen molar-refractivity contribution in [2.45, 2.75) is 52.7 Å². The first kappa shape index (κ1) is 25.3. The molecule has 0 saturated heterocycles. The van der Waals surface area contributed by atoms with Crippen molar-refractivity contribution < 1.29 is 38.9 Å². The summed E-state index contributed by atoms with van der Waals surface area (Å²) in [6.45, 7) is 9.53. The van der Waals surface area contributed by atoms with Crippen LogP contribution in [0.4, 0.5) is 15.3 Å². The molecule has 0 atom stereocenters. The lowest BCUT2D eigenvalue weighted by Gasteiger charge is -2.29. The van der Waals surface area contributed by atoms with Gasteiger partial charge in [-0.2, -0.15) is 4.90 Å². The molecule has 176 valence electrons. The molecule has 0 aliphatic carbocycles. The Morgan fingerprint density at radius 1 is 0.818 bits per heavy atom. The molecule has 0 fully saturated rings. The van der Waals surface area contributed by atoms with Crippen LogP contribution in [0.15, 0.2) is 36.4 Å². The molecule has 0 aliphatic heterocycles. The topological polar surface area (TPSA) is 143 Å². The average molecular weight is 458 g/mol. The molecule has 10 nitrogen and oxygen atoms in total. The van der Waals surface area contributed by atoms with Gasteiger partial charge in [0.15, 0.2) is 5.69 Å². The summed E-state index contributed by atoms with van der Waals surface area (Å²) in [5.74, 6) is -3.19. The van der Waals surface area contributed by atoms with E-state index in [0.29, 0.717) is 10.5 Å². The van der Waals surface area contributed by atoms with Crippen molar-refractivity contribution in [2.24, 2.45) is 0 Å². The van der Waals surface area contributed by atoms with Gasteiger partial charge in [0.25, 0.3) is 0 Å². The molecular formula is C23H26N2O8. The Kier molecular flexibility index (Phi) is 7.11. The molecule has 2 aromatic rings. The van der Waals surface area contributed by atoms with Gasteiger partial charge in [0.1, 0.15) is 11.2 Å². The van der Waals surface area contributed by atoms with Crippen molar-refractivity contribution in [1.82, 2.24) is 4.98 Å². The van der Waals surface area contributed by atoms with Gasteiger partial charge in [-0.1, -0.05) is 30.3 Å². The zero-order valence-electron chi connectivity index (χ0n) is 19.2. The number of aromatic carboxylic acids is 2. The molecule has 0 aliphatic rings. The van der Waals surface area contributed by atoms with Crippen molar-refractivity contribution in [3.63, 3.8) is 0 Å². The Labute approximate surface area is 190 Å². The third kappa shape index (κ3) is 6.52. The zero-order chi connectivity index (χ0) is 25.1. The van der Waals surface area contributed by atoms with E-state index in [4.69, 9.17) is 9.47 Å². The normalized spacial score (nSPS) is 11.5. The predicted octanol–water partition coefficient (Wildman–Crippen LogP) is 4.82. The van der Waals surface area contributed by atoms with E-state index < -0.39 is 46.6 Å². The van der Waals surface area contributed by atoms with Crippen LogP contribution in [0.3, 0.4) is 0 Å². The van der Waals surface area contributed by atoms with E-state index in [0.717, 1.165) is 6.07 Å². The SMILES string of the molecule is CC(C)(C)OC(=O)N(C(=O)OC(C)(C)C)c1cc(C(=O)O)c(C(=O)O)nc1-c1ccccc1. The van der Waals surface area contributed by atoms with E-state index in [9.17, 15) is 29.4 Å². The molecule has 1 aromatic heterocycles. The van der Waals surface area contributed by atoms with Gasteiger partial charge in [-0.25, -0.2) is 24.2 Å². The number of carboxylic acids is 2. The average Bonchev–Trinajstić information content (AvgIpc) is 2.65. The number of carboxylic acid groups (broad SMARTS) is 2. The van der Waals surface area contributed by atoms with Crippen LogP contribution < -0.4 is 4.90 Å².